The fraction of sp³-hybridized carbons (Fsp3) is 0.688. The van der Waals surface area contributed by atoms with Crippen molar-refractivity contribution >= 4 is 11.9 Å². The minimum atomic E-state index is -0.472. The van der Waals surface area contributed by atoms with Crippen molar-refractivity contribution in [1.82, 2.24) is 15.3 Å². The van der Waals surface area contributed by atoms with E-state index in [0.29, 0.717) is 6.01 Å². The van der Waals surface area contributed by atoms with Crippen LogP contribution in [0.4, 0.5) is 10.6 Å². The Morgan fingerprint density at radius 2 is 1.96 bits per heavy atom. The molecule has 1 fully saturated rings. The van der Waals surface area contributed by atoms with Crippen LogP contribution in [0.15, 0.2) is 12.3 Å². The van der Waals surface area contributed by atoms with Gasteiger partial charge in [0.05, 0.1) is 0 Å². The molecule has 1 aliphatic carbocycles. The van der Waals surface area contributed by atoms with E-state index in [-0.39, 0.29) is 18.2 Å². The molecule has 1 amide bonds. The van der Waals surface area contributed by atoms with Crippen LogP contribution in [0.25, 0.3) is 0 Å². The van der Waals surface area contributed by atoms with Gasteiger partial charge in [-0.3, -0.25) is 0 Å². The van der Waals surface area contributed by atoms with Gasteiger partial charge < -0.3 is 20.1 Å². The third-order valence-corrected chi connectivity index (χ3v) is 3.56. The molecule has 0 aliphatic heterocycles. The van der Waals surface area contributed by atoms with Crippen LogP contribution in [0.3, 0.4) is 0 Å². The average Bonchev–Trinajstić information content (AvgIpc) is 2.47. The predicted molar refractivity (Wildman–Crippen MR) is 87.6 cm³/mol. The Balaban J connectivity index is 1.76. The zero-order chi connectivity index (χ0) is 16.9. The molecule has 0 unspecified atom stereocenters. The van der Waals surface area contributed by atoms with E-state index in [1.807, 2.05) is 20.8 Å². The molecular weight excluding hydrogens is 296 g/mol. The summed E-state index contributed by atoms with van der Waals surface area (Å²) in [5.41, 5.74) is -0.472. The van der Waals surface area contributed by atoms with Crippen LogP contribution < -0.4 is 15.4 Å². The van der Waals surface area contributed by atoms with Crippen molar-refractivity contribution in [1.29, 1.82) is 0 Å². The highest BCUT2D eigenvalue weighted by atomic mass is 16.6. The number of alkyl carbamates (subject to hydrolysis) is 1. The maximum atomic E-state index is 11.8. The summed E-state index contributed by atoms with van der Waals surface area (Å²) in [5, 5.41) is 5.88. The van der Waals surface area contributed by atoms with E-state index in [2.05, 4.69) is 20.6 Å². The first kappa shape index (κ1) is 17.3. The predicted octanol–water partition coefficient (Wildman–Crippen LogP) is 2.73. The molecular formula is C16H26N4O3. The summed E-state index contributed by atoms with van der Waals surface area (Å²) in [5.74, 6) is 0.732. The Labute approximate surface area is 137 Å². The first-order valence-corrected chi connectivity index (χ1v) is 8.02. The standard InChI is InChI=1S/C16H26N4O3/c1-16(2,3)23-15(21)19-11-5-7-12(8-6-11)22-14-18-10-9-13(17-4)20-14/h9-12H,5-8H2,1-4H3,(H,19,21)(H,17,18,20)/t11-,12-. The SMILES string of the molecule is CNc1ccnc(O[C@H]2CC[C@H](NC(=O)OC(C)(C)C)CC2)n1. The number of hydrogen-bond acceptors (Lipinski definition) is 6. The number of carbonyl (C=O) groups is 1. The molecule has 1 aromatic rings. The number of ether oxygens (including phenoxy) is 2. The van der Waals surface area contributed by atoms with E-state index in [9.17, 15) is 4.79 Å². The van der Waals surface area contributed by atoms with Crippen molar-refractivity contribution in [3.05, 3.63) is 12.3 Å². The van der Waals surface area contributed by atoms with Gasteiger partial charge in [-0.2, -0.15) is 4.98 Å². The number of amides is 1. The summed E-state index contributed by atoms with van der Waals surface area (Å²) in [6, 6.07) is 2.31. The van der Waals surface area contributed by atoms with Crippen molar-refractivity contribution < 1.29 is 14.3 Å². The summed E-state index contributed by atoms with van der Waals surface area (Å²) in [6.45, 7) is 5.57. The molecule has 0 aromatic carbocycles. The Hall–Kier alpha value is -2.05. The van der Waals surface area contributed by atoms with Gasteiger partial charge in [-0.05, 0) is 52.5 Å². The number of rotatable bonds is 4. The van der Waals surface area contributed by atoms with Crippen LogP contribution in [0.2, 0.25) is 0 Å². The van der Waals surface area contributed by atoms with Gasteiger partial charge in [0.15, 0.2) is 0 Å². The highest BCUT2D eigenvalue weighted by Crippen LogP contribution is 2.23. The Morgan fingerprint density at radius 3 is 2.57 bits per heavy atom. The van der Waals surface area contributed by atoms with Gasteiger partial charge in [-0.25, -0.2) is 9.78 Å². The van der Waals surface area contributed by atoms with Gasteiger partial charge in [0, 0.05) is 19.3 Å². The number of aromatic nitrogens is 2. The van der Waals surface area contributed by atoms with E-state index >= 15 is 0 Å². The highest BCUT2D eigenvalue weighted by molar-refractivity contribution is 5.68. The third-order valence-electron chi connectivity index (χ3n) is 3.56. The maximum absolute atomic E-state index is 11.8. The fourth-order valence-electron chi connectivity index (χ4n) is 2.49. The summed E-state index contributed by atoms with van der Waals surface area (Å²) in [6.07, 6.45) is 4.82. The van der Waals surface area contributed by atoms with Crippen molar-refractivity contribution in [2.24, 2.45) is 0 Å². The van der Waals surface area contributed by atoms with E-state index in [1.165, 1.54) is 0 Å². The third kappa shape index (κ3) is 5.92. The minimum Gasteiger partial charge on any atom is -0.460 e. The summed E-state index contributed by atoms with van der Waals surface area (Å²) >= 11 is 0. The lowest BCUT2D eigenvalue weighted by Crippen LogP contribution is -2.42. The molecule has 0 bridgehead atoms. The van der Waals surface area contributed by atoms with Crippen LogP contribution >= 0.6 is 0 Å². The van der Waals surface area contributed by atoms with Crippen LogP contribution in [-0.4, -0.2) is 40.9 Å². The van der Waals surface area contributed by atoms with Gasteiger partial charge in [0.25, 0.3) is 0 Å². The second-order valence-electron chi connectivity index (χ2n) is 6.71. The number of anilines is 1. The quantitative estimate of drug-likeness (QED) is 0.886. The van der Waals surface area contributed by atoms with Crippen LogP contribution in [-0.2, 0) is 4.74 Å². The topological polar surface area (TPSA) is 85.4 Å². The summed E-state index contributed by atoms with van der Waals surface area (Å²) < 4.78 is 11.1. The lowest BCUT2D eigenvalue weighted by molar-refractivity contribution is 0.0467. The molecule has 7 heteroatoms. The molecule has 1 aromatic heterocycles. The maximum Gasteiger partial charge on any atom is 0.407 e. The molecule has 0 spiro atoms. The monoisotopic (exact) mass is 322 g/mol. The van der Waals surface area contributed by atoms with Gasteiger partial charge in [-0.1, -0.05) is 0 Å². The zero-order valence-electron chi connectivity index (χ0n) is 14.3. The van der Waals surface area contributed by atoms with Crippen molar-refractivity contribution in [3.63, 3.8) is 0 Å². The summed E-state index contributed by atoms with van der Waals surface area (Å²) in [4.78, 5) is 20.2. The van der Waals surface area contributed by atoms with E-state index in [1.54, 1.807) is 19.3 Å². The Morgan fingerprint density at radius 1 is 1.26 bits per heavy atom. The first-order valence-electron chi connectivity index (χ1n) is 8.02. The second kappa shape index (κ2) is 7.48. The smallest absolute Gasteiger partial charge is 0.407 e. The lowest BCUT2D eigenvalue weighted by atomic mass is 9.93. The normalized spacial score (nSPS) is 21.4. The number of nitrogens with zero attached hydrogens (tertiary/aromatic N) is 2. The molecule has 2 rings (SSSR count). The van der Waals surface area contributed by atoms with Crippen LogP contribution in [0.1, 0.15) is 46.5 Å². The summed E-state index contributed by atoms with van der Waals surface area (Å²) in [7, 11) is 1.81. The molecule has 0 saturated heterocycles. The molecule has 23 heavy (non-hydrogen) atoms. The van der Waals surface area contributed by atoms with Crippen molar-refractivity contribution in [3.8, 4) is 6.01 Å². The highest BCUT2D eigenvalue weighted by Gasteiger charge is 2.26. The molecule has 1 saturated carbocycles. The van der Waals surface area contributed by atoms with Gasteiger partial charge in [0.1, 0.15) is 17.5 Å². The molecule has 1 aliphatic rings. The van der Waals surface area contributed by atoms with Gasteiger partial charge >= 0.3 is 12.1 Å². The van der Waals surface area contributed by atoms with Crippen LogP contribution in [0, 0.1) is 0 Å². The number of carbonyl (C=O) groups excluding carboxylic acids is 1. The number of hydrogen-bond donors (Lipinski definition) is 2. The second-order valence-corrected chi connectivity index (χ2v) is 6.71. The first-order chi connectivity index (χ1) is 10.9. The molecule has 1 heterocycles. The van der Waals surface area contributed by atoms with Crippen molar-refractivity contribution in [2.45, 2.75) is 64.2 Å². The Bertz CT molecular complexity index is 522. The molecule has 0 radical (unpaired) electrons. The Kier molecular flexibility index (Phi) is 5.63. The largest absolute Gasteiger partial charge is 0.460 e. The van der Waals surface area contributed by atoms with Gasteiger partial charge in [-0.15, -0.1) is 0 Å². The average molecular weight is 322 g/mol. The molecule has 2 N–H and O–H groups in total. The fourth-order valence-corrected chi connectivity index (χ4v) is 2.49. The lowest BCUT2D eigenvalue weighted by Gasteiger charge is -2.29. The molecule has 128 valence electrons. The van der Waals surface area contributed by atoms with Gasteiger partial charge in [0.2, 0.25) is 0 Å². The van der Waals surface area contributed by atoms with E-state index in [4.69, 9.17) is 9.47 Å². The number of nitrogens with one attached hydrogen (secondary N) is 2. The van der Waals surface area contributed by atoms with Crippen molar-refractivity contribution in [2.75, 3.05) is 12.4 Å². The molecule has 7 nitrogen and oxygen atoms in total. The minimum absolute atomic E-state index is 0.0822. The van der Waals surface area contributed by atoms with E-state index < -0.39 is 5.60 Å². The van der Waals surface area contributed by atoms with E-state index in [0.717, 1.165) is 31.5 Å². The van der Waals surface area contributed by atoms with Crippen LogP contribution in [0.5, 0.6) is 6.01 Å². The molecule has 0 atom stereocenters. The zero-order valence-corrected chi connectivity index (χ0v) is 14.3.